The highest BCUT2D eigenvalue weighted by Crippen LogP contribution is 2.39. The van der Waals surface area contributed by atoms with E-state index in [1.54, 1.807) is 18.4 Å². The lowest BCUT2D eigenvalue weighted by molar-refractivity contribution is -0.137. The van der Waals surface area contributed by atoms with Crippen LogP contribution in [0.15, 0.2) is 53.5 Å². The van der Waals surface area contributed by atoms with Gasteiger partial charge >= 0.3 is 5.97 Å². The van der Waals surface area contributed by atoms with Crippen molar-refractivity contribution in [2.45, 2.75) is 39.8 Å². The number of aliphatic imine (C=N–C) groups is 1. The topological polar surface area (TPSA) is 89.6 Å². The van der Waals surface area contributed by atoms with Crippen LogP contribution in [0.3, 0.4) is 0 Å². The molecular weight excluding hydrogens is 460 g/mol. The molecule has 0 amide bonds. The van der Waals surface area contributed by atoms with Crippen molar-refractivity contribution >= 4 is 23.0 Å². The number of rotatable bonds is 6. The molecule has 0 spiro atoms. The quantitative estimate of drug-likeness (QED) is 0.392. The molecule has 4 aromatic rings. The van der Waals surface area contributed by atoms with E-state index in [0.29, 0.717) is 12.4 Å². The first-order valence-electron chi connectivity index (χ1n) is 11.4. The van der Waals surface area contributed by atoms with E-state index in [1.807, 2.05) is 23.6 Å². The average Bonchev–Trinajstić information content (AvgIpc) is 3.31. The van der Waals surface area contributed by atoms with E-state index in [4.69, 9.17) is 9.73 Å². The molecule has 0 saturated heterocycles. The Hall–Kier alpha value is -3.62. The number of carboxylic acids is 1. The van der Waals surface area contributed by atoms with Crippen LogP contribution in [0.5, 0.6) is 0 Å². The molecule has 35 heavy (non-hydrogen) atoms. The molecule has 0 aliphatic carbocycles. The lowest BCUT2D eigenvalue weighted by Crippen LogP contribution is -2.10. The highest BCUT2D eigenvalue weighted by atomic mass is 32.1. The van der Waals surface area contributed by atoms with Gasteiger partial charge in [0.15, 0.2) is 5.82 Å². The van der Waals surface area contributed by atoms with Gasteiger partial charge in [0, 0.05) is 23.1 Å². The van der Waals surface area contributed by atoms with Gasteiger partial charge in [-0.15, -0.1) is 21.5 Å². The maximum absolute atomic E-state index is 11.7. The third-order valence-corrected chi connectivity index (χ3v) is 7.53. The molecule has 1 N–H and O–H groups in total. The fourth-order valence-electron chi connectivity index (χ4n) is 4.52. The Labute approximate surface area is 207 Å². The van der Waals surface area contributed by atoms with E-state index in [-0.39, 0.29) is 6.42 Å². The maximum Gasteiger partial charge on any atom is 0.306 e. The number of aryl methyl sites for hydroxylation is 2. The molecule has 178 valence electrons. The van der Waals surface area contributed by atoms with E-state index in [1.165, 1.54) is 4.88 Å². The molecule has 2 aromatic carbocycles. The average molecular weight is 487 g/mol. The highest BCUT2D eigenvalue weighted by Gasteiger charge is 2.32. The van der Waals surface area contributed by atoms with Gasteiger partial charge in [0.1, 0.15) is 16.9 Å². The van der Waals surface area contributed by atoms with Gasteiger partial charge in [0.2, 0.25) is 0 Å². The van der Waals surface area contributed by atoms with Gasteiger partial charge in [-0.2, -0.15) is 0 Å². The van der Waals surface area contributed by atoms with Gasteiger partial charge in [-0.3, -0.25) is 14.4 Å². The lowest BCUT2D eigenvalue weighted by atomic mass is 9.96. The number of aromatic nitrogens is 3. The van der Waals surface area contributed by atoms with Gasteiger partial charge in [-0.05, 0) is 49.1 Å². The van der Waals surface area contributed by atoms with Gasteiger partial charge in [-0.25, -0.2) is 0 Å². The van der Waals surface area contributed by atoms with Crippen molar-refractivity contribution in [3.05, 3.63) is 87.3 Å². The molecule has 0 saturated carbocycles. The Morgan fingerprint density at radius 3 is 2.51 bits per heavy atom. The van der Waals surface area contributed by atoms with E-state index in [2.05, 4.69) is 60.4 Å². The normalized spacial score (nSPS) is 14.7. The predicted octanol–water partition coefficient (Wildman–Crippen LogP) is 5.43. The molecule has 1 atom stereocenters. The third-order valence-electron chi connectivity index (χ3n) is 6.34. The van der Waals surface area contributed by atoms with Crippen molar-refractivity contribution in [1.82, 2.24) is 14.8 Å². The Bertz CT molecular complexity index is 1450. The largest absolute Gasteiger partial charge is 0.481 e. The molecule has 0 fully saturated rings. The SMILES string of the molecule is COCc1cccc(-c2ccc(C3=N[C@@H](CC(=O)O)c4nnc(C)n4-c4sc(C)c(C)c43)cc2)c1. The third kappa shape index (κ3) is 4.19. The summed E-state index contributed by atoms with van der Waals surface area (Å²) in [5, 5.41) is 19.2. The molecule has 5 rings (SSSR count). The zero-order chi connectivity index (χ0) is 24.7. The van der Waals surface area contributed by atoms with Crippen LogP contribution in [0.25, 0.3) is 16.1 Å². The predicted molar refractivity (Wildman–Crippen MR) is 137 cm³/mol. The second-order valence-corrected chi connectivity index (χ2v) is 9.91. The molecule has 2 aromatic heterocycles. The number of ether oxygens (including phenoxy) is 1. The molecule has 0 radical (unpaired) electrons. The fraction of sp³-hybridized carbons (Fsp3) is 0.259. The number of carbonyl (C=O) groups is 1. The molecule has 0 unspecified atom stereocenters. The molecular formula is C27H26N4O3S. The number of nitrogens with zero attached hydrogens (tertiary/aromatic N) is 4. The van der Waals surface area contributed by atoms with Crippen LogP contribution < -0.4 is 0 Å². The van der Waals surface area contributed by atoms with Gasteiger partial charge in [-0.1, -0.05) is 42.5 Å². The summed E-state index contributed by atoms with van der Waals surface area (Å²) in [4.78, 5) is 17.9. The Morgan fingerprint density at radius 1 is 1.06 bits per heavy atom. The highest BCUT2D eigenvalue weighted by molar-refractivity contribution is 7.15. The van der Waals surface area contributed by atoms with Crippen molar-refractivity contribution in [2.24, 2.45) is 4.99 Å². The number of hydrogen-bond donors (Lipinski definition) is 1. The smallest absolute Gasteiger partial charge is 0.306 e. The molecule has 0 bridgehead atoms. The molecule has 3 heterocycles. The molecule has 1 aliphatic rings. The number of carboxylic acid groups (broad SMARTS) is 1. The summed E-state index contributed by atoms with van der Waals surface area (Å²) in [6.45, 7) is 6.64. The minimum atomic E-state index is -0.922. The van der Waals surface area contributed by atoms with Gasteiger partial charge in [0.05, 0.1) is 18.7 Å². The molecule has 1 aliphatic heterocycles. The van der Waals surface area contributed by atoms with E-state index < -0.39 is 12.0 Å². The van der Waals surface area contributed by atoms with Crippen molar-refractivity contribution in [3.63, 3.8) is 0 Å². The van der Waals surface area contributed by atoms with Crippen LogP contribution in [0.2, 0.25) is 0 Å². The summed E-state index contributed by atoms with van der Waals surface area (Å²) < 4.78 is 7.25. The zero-order valence-corrected chi connectivity index (χ0v) is 20.9. The molecule has 7 nitrogen and oxygen atoms in total. The van der Waals surface area contributed by atoms with Crippen molar-refractivity contribution in [1.29, 1.82) is 0 Å². The van der Waals surface area contributed by atoms with Crippen LogP contribution >= 0.6 is 11.3 Å². The number of methoxy groups -OCH3 is 1. The standard InChI is InChI=1S/C27H26N4O3S/c1-15-16(2)35-27-24(15)25(28-22(13-23(32)33)26-30-29-17(3)31(26)27)20-10-8-19(9-11-20)21-7-5-6-18(12-21)14-34-4/h5-12,22H,13-14H2,1-4H3,(H,32,33)/t22-/m0/s1. The van der Waals surface area contributed by atoms with E-state index >= 15 is 0 Å². The van der Waals surface area contributed by atoms with Crippen LogP contribution in [-0.4, -0.2) is 38.7 Å². The Morgan fingerprint density at radius 2 is 1.80 bits per heavy atom. The minimum Gasteiger partial charge on any atom is -0.481 e. The first-order valence-corrected chi connectivity index (χ1v) is 12.2. The van der Waals surface area contributed by atoms with Crippen LogP contribution in [0.1, 0.15) is 51.2 Å². The van der Waals surface area contributed by atoms with Crippen molar-refractivity contribution in [2.75, 3.05) is 7.11 Å². The second-order valence-electron chi connectivity index (χ2n) is 8.71. The van der Waals surface area contributed by atoms with Crippen LogP contribution in [0.4, 0.5) is 0 Å². The fourth-order valence-corrected chi connectivity index (χ4v) is 5.73. The lowest BCUT2D eigenvalue weighted by Gasteiger charge is -2.12. The number of hydrogen-bond acceptors (Lipinski definition) is 6. The first-order chi connectivity index (χ1) is 16.9. The summed E-state index contributed by atoms with van der Waals surface area (Å²) in [6.07, 6.45) is -0.154. The van der Waals surface area contributed by atoms with Crippen LogP contribution in [0, 0.1) is 20.8 Å². The van der Waals surface area contributed by atoms with Crippen molar-refractivity contribution < 1.29 is 14.6 Å². The minimum absolute atomic E-state index is 0.154. The Kier molecular flexibility index (Phi) is 6.08. The maximum atomic E-state index is 11.7. The zero-order valence-electron chi connectivity index (χ0n) is 20.1. The number of thiophene rings is 1. The number of benzene rings is 2. The summed E-state index contributed by atoms with van der Waals surface area (Å²) in [6, 6.07) is 15.9. The first kappa shape index (κ1) is 23.1. The van der Waals surface area contributed by atoms with Gasteiger partial charge in [0.25, 0.3) is 0 Å². The summed E-state index contributed by atoms with van der Waals surface area (Å²) in [5.41, 5.74) is 7.20. The summed E-state index contributed by atoms with van der Waals surface area (Å²) >= 11 is 1.66. The second kappa shape index (κ2) is 9.20. The van der Waals surface area contributed by atoms with E-state index in [9.17, 15) is 9.90 Å². The van der Waals surface area contributed by atoms with Gasteiger partial charge < -0.3 is 9.84 Å². The summed E-state index contributed by atoms with van der Waals surface area (Å²) in [5.74, 6) is 0.365. The Balaban J connectivity index is 1.64. The van der Waals surface area contributed by atoms with Crippen LogP contribution in [-0.2, 0) is 16.1 Å². The molecule has 8 heteroatoms. The van der Waals surface area contributed by atoms with Crippen molar-refractivity contribution in [3.8, 4) is 16.1 Å². The summed E-state index contributed by atoms with van der Waals surface area (Å²) in [7, 11) is 1.69. The monoisotopic (exact) mass is 486 g/mol. The number of fused-ring (bicyclic) bond motifs is 3. The number of aliphatic carboxylic acids is 1. The van der Waals surface area contributed by atoms with E-state index in [0.717, 1.165) is 49.9 Å².